The number of ether oxygens (including phenoxy) is 2. The highest BCUT2D eigenvalue weighted by atomic mass is 16.5. The molecule has 0 heterocycles. The fraction of sp³-hybridized carbons (Fsp3) is 0.500. The van der Waals surface area contributed by atoms with E-state index in [1.54, 1.807) is 0 Å². The van der Waals surface area contributed by atoms with Crippen molar-refractivity contribution < 1.29 is 19.4 Å². The van der Waals surface area contributed by atoms with Gasteiger partial charge in [-0.2, -0.15) is 0 Å². The first-order valence-electron chi connectivity index (χ1n) is 6.31. The van der Waals surface area contributed by atoms with Gasteiger partial charge < -0.3 is 14.6 Å². The summed E-state index contributed by atoms with van der Waals surface area (Å²) in [7, 11) is 0. The summed E-state index contributed by atoms with van der Waals surface area (Å²) in [6.07, 6.45) is 2.10. The lowest BCUT2D eigenvalue weighted by atomic mass is 10.1. The fourth-order valence-electron chi connectivity index (χ4n) is 2.27. The van der Waals surface area contributed by atoms with Gasteiger partial charge in [-0.1, -0.05) is 6.07 Å². The van der Waals surface area contributed by atoms with E-state index in [4.69, 9.17) is 14.6 Å². The van der Waals surface area contributed by atoms with Gasteiger partial charge in [0.1, 0.15) is 11.5 Å². The number of carbonyl (C=O) groups is 1. The molecule has 18 heavy (non-hydrogen) atoms. The molecular weight excluding hydrogens is 232 g/mol. The van der Waals surface area contributed by atoms with Gasteiger partial charge in [-0.3, -0.25) is 4.79 Å². The number of hydrogen-bond donors (Lipinski definition) is 1. The summed E-state index contributed by atoms with van der Waals surface area (Å²) >= 11 is 0. The first kappa shape index (κ1) is 12.7. The van der Waals surface area contributed by atoms with E-state index in [1.165, 1.54) is 0 Å². The lowest BCUT2D eigenvalue weighted by molar-refractivity contribution is -0.141. The van der Waals surface area contributed by atoms with Gasteiger partial charge in [0.25, 0.3) is 0 Å². The summed E-state index contributed by atoms with van der Waals surface area (Å²) in [5.74, 6) is 0.550. The van der Waals surface area contributed by atoms with Gasteiger partial charge in [0.05, 0.1) is 18.6 Å². The van der Waals surface area contributed by atoms with Crippen molar-refractivity contribution in [3.05, 3.63) is 24.3 Å². The molecule has 0 spiro atoms. The van der Waals surface area contributed by atoms with E-state index in [1.807, 2.05) is 31.2 Å². The molecule has 2 atom stereocenters. The molecule has 0 amide bonds. The van der Waals surface area contributed by atoms with Gasteiger partial charge in [0, 0.05) is 6.07 Å². The Kier molecular flexibility index (Phi) is 4.07. The van der Waals surface area contributed by atoms with Crippen LogP contribution in [0.3, 0.4) is 0 Å². The van der Waals surface area contributed by atoms with E-state index in [0.29, 0.717) is 19.4 Å². The maximum atomic E-state index is 10.9. The molecule has 0 radical (unpaired) electrons. The van der Waals surface area contributed by atoms with E-state index in [2.05, 4.69) is 0 Å². The van der Waals surface area contributed by atoms with Crippen LogP contribution in [0.2, 0.25) is 0 Å². The first-order chi connectivity index (χ1) is 8.69. The van der Waals surface area contributed by atoms with Crippen LogP contribution in [-0.4, -0.2) is 23.8 Å². The topological polar surface area (TPSA) is 55.8 Å². The van der Waals surface area contributed by atoms with Crippen LogP contribution in [0.25, 0.3) is 0 Å². The van der Waals surface area contributed by atoms with Gasteiger partial charge in [0.2, 0.25) is 0 Å². The Labute approximate surface area is 107 Å². The third-order valence-corrected chi connectivity index (χ3v) is 3.15. The van der Waals surface area contributed by atoms with Crippen LogP contribution in [0.5, 0.6) is 11.5 Å². The molecule has 1 aliphatic rings. The Morgan fingerprint density at radius 2 is 2.17 bits per heavy atom. The molecule has 0 bridgehead atoms. The number of benzene rings is 1. The molecule has 1 aliphatic carbocycles. The average molecular weight is 250 g/mol. The Morgan fingerprint density at radius 1 is 1.39 bits per heavy atom. The van der Waals surface area contributed by atoms with Crippen molar-refractivity contribution in [3.8, 4) is 11.5 Å². The third-order valence-electron chi connectivity index (χ3n) is 3.15. The standard InChI is InChI=1S/C14H18O4/c1-2-17-11-4-3-5-12(9-11)18-13-7-6-10(8-13)14(15)16/h3-5,9-10,13H,2,6-8H2,1H3,(H,15,16). The molecule has 2 rings (SSSR count). The molecule has 1 saturated carbocycles. The normalized spacial score (nSPS) is 22.7. The highest BCUT2D eigenvalue weighted by molar-refractivity contribution is 5.70. The minimum absolute atomic E-state index is 0.00276. The molecule has 0 saturated heterocycles. The number of hydrogen-bond acceptors (Lipinski definition) is 3. The van der Waals surface area contributed by atoms with Crippen molar-refractivity contribution in [3.63, 3.8) is 0 Å². The second kappa shape index (κ2) is 5.76. The van der Waals surface area contributed by atoms with Crippen LogP contribution >= 0.6 is 0 Å². The number of carboxylic acids is 1. The Hall–Kier alpha value is -1.71. The zero-order chi connectivity index (χ0) is 13.0. The van der Waals surface area contributed by atoms with Crippen LogP contribution in [0.1, 0.15) is 26.2 Å². The molecule has 1 aromatic rings. The molecule has 0 aliphatic heterocycles. The smallest absolute Gasteiger partial charge is 0.306 e. The van der Waals surface area contributed by atoms with Crippen molar-refractivity contribution in [2.75, 3.05) is 6.61 Å². The maximum Gasteiger partial charge on any atom is 0.306 e. The van der Waals surface area contributed by atoms with Crippen molar-refractivity contribution in [1.82, 2.24) is 0 Å². The summed E-state index contributed by atoms with van der Waals surface area (Å²) in [5.41, 5.74) is 0. The molecule has 4 heteroatoms. The highest BCUT2D eigenvalue weighted by Gasteiger charge is 2.30. The van der Waals surface area contributed by atoms with Gasteiger partial charge in [0.15, 0.2) is 0 Å². The lowest BCUT2D eigenvalue weighted by Crippen LogP contribution is -2.15. The van der Waals surface area contributed by atoms with E-state index in [-0.39, 0.29) is 12.0 Å². The number of aliphatic carboxylic acids is 1. The summed E-state index contributed by atoms with van der Waals surface area (Å²) in [6.45, 7) is 2.55. The second-order valence-electron chi connectivity index (χ2n) is 4.50. The first-order valence-corrected chi connectivity index (χ1v) is 6.31. The van der Waals surface area contributed by atoms with Gasteiger partial charge in [-0.05, 0) is 38.3 Å². The summed E-state index contributed by atoms with van der Waals surface area (Å²) in [6, 6.07) is 7.48. The molecule has 1 N–H and O–H groups in total. The Balaban J connectivity index is 1.94. The monoisotopic (exact) mass is 250 g/mol. The minimum Gasteiger partial charge on any atom is -0.494 e. The maximum absolute atomic E-state index is 10.9. The third kappa shape index (κ3) is 3.15. The van der Waals surface area contributed by atoms with E-state index >= 15 is 0 Å². The minimum atomic E-state index is -0.718. The molecule has 2 unspecified atom stereocenters. The Morgan fingerprint density at radius 3 is 2.83 bits per heavy atom. The average Bonchev–Trinajstić information content (AvgIpc) is 2.78. The molecule has 1 fully saturated rings. The van der Waals surface area contributed by atoms with Crippen LogP contribution in [0.15, 0.2) is 24.3 Å². The molecule has 0 aromatic heterocycles. The predicted octanol–water partition coefficient (Wildman–Crippen LogP) is 2.72. The van der Waals surface area contributed by atoms with Crippen molar-refractivity contribution in [1.29, 1.82) is 0 Å². The Bertz CT molecular complexity index is 416. The predicted molar refractivity (Wildman–Crippen MR) is 67.0 cm³/mol. The quantitative estimate of drug-likeness (QED) is 0.873. The van der Waals surface area contributed by atoms with Crippen molar-refractivity contribution in [2.45, 2.75) is 32.3 Å². The lowest BCUT2D eigenvalue weighted by Gasteiger charge is -2.14. The van der Waals surface area contributed by atoms with Gasteiger partial charge in [-0.15, -0.1) is 0 Å². The largest absolute Gasteiger partial charge is 0.494 e. The van der Waals surface area contributed by atoms with E-state index in [0.717, 1.165) is 17.9 Å². The van der Waals surface area contributed by atoms with Crippen molar-refractivity contribution >= 4 is 5.97 Å². The second-order valence-corrected chi connectivity index (χ2v) is 4.50. The van der Waals surface area contributed by atoms with Crippen LogP contribution in [-0.2, 0) is 4.79 Å². The van der Waals surface area contributed by atoms with Crippen LogP contribution < -0.4 is 9.47 Å². The SMILES string of the molecule is CCOc1cccc(OC2CCC(C(=O)O)C2)c1. The van der Waals surface area contributed by atoms with Gasteiger partial charge in [-0.25, -0.2) is 0 Å². The molecular formula is C14H18O4. The molecule has 98 valence electrons. The van der Waals surface area contributed by atoms with E-state index < -0.39 is 5.97 Å². The van der Waals surface area contributed by atoms with Gasteiger partial charge >= 0.3 is 5.97 Å². The summed E-state index contributed by atoms with van der Waals surface area (Å²) in [5, 5.41) is 8.94. The zero-order valence-electron chi connectivity index (χ0n) is 10.5. The van der Waals surface area contributed by atoms with Crippen molar-refractivity contribution in [2.24, 2.45) is 5.92 Å². The summed E-state index contributed by atoms with van der Waals surface area (Å²) in [4.78, 5) is 10.9. The van der Waals surface area contributed by atoms with Crippen LogP contribution in [0.4, 0.5) is 0 Å². The summed E-state index contributed by atoms with van der Waals surface area (Å²) < 4.78 is 11.2. The highest BCUT2D eigenvalue weighted by Crippen LogP contribution is 2.30. The molecule has 4 nitrogen and oxygen atoms in total. The number of carboxylic acid groups (broad SMARTS) is 1. The zero-order valence-corrected chi connectivity index (χ0v) is 10.5. The molecule has 1 aromatic carbocycles. The van der Waals surface area contributed by atoms with E-state index in [9.17, 15) is 4.79 Å². The van der Waals surface area contributed by atoms with Crippen LogP contribution in [0, 0.1) is 5.92 Å². The number of rotatable bonds is 5. The fourth-order valence-corrected chi connectivity index (χ4v) is 2.27.